The van der Waals surface area contributed by atoms with Crippen molar-refractivity contribution in [1.29, 1.82) is 0 Å². The average Bonchev–Trinajstić information content (AvgIpc) is 2.25. The molecule has 9 heteroatoms. The van der Waals surface area contributed by atoms with E-state index in [9.17, 15) is 22.0 Å². The van der Waals surface area contributed by atoms with Crippen LogP contribution in [0.25, 0.3) is 0 Å². The van der Waals surface area contributed by atoms with E-state index in [1.807, 2.05) is 0 Å². The molecule has 0 unspecified atom stereocenters. The number of rotatable bonds is 5. The van der Waals surface area contributed by atoms with Crippen LogP contribution in [0.5, 0.6) is 0 Å². The maximum atomic E-state index is 14.0. The molecule has 0 aliphatic heterocycles. The Morgan fingerprint density at radius 1 is 1.38 bits per heavy atom. The highest BCUT2D eigenvalue weighted by molar-refractivity contribution is 7.89. The van der Waals surface area contributed by atoms with Gasteiger partial charge in [-0.25, -0.2) is 22.3 Å². The summed E-state index contributed by atoms with van der Waals surface area (Å²) in [5, 5.41) is 7.16. The summed E-state index contributed by atoms with van der Waals surface area (Å²) in [7, 11) is -3.01. The molecule has 1 amide bonds. The molecule has 0 aromatic heterocycles. The number of hydrogen-bond donors (Lipinski definition) is 2. The minimum absolute atomic E-state index is 0.0941. The number of primary sulfonamides is 1. The summed E-state index contributed by atoms with van der Waals surface area (Å²) in [4.78, 5) is 11.0. The fourth-order valence-electron chi connectivity index (χ4n) is 1.73. The minimum atomic E-state index is -4.41. The third kappa shape index (κ3) is 4.19. The molecule has 0 aliphatic carbocycles. The summed E-state index contributed by atoms with van der Waals surface area (Å²) in [6.45, 7) is 3.25. The van der Waals surface area contributed by atoms with E-state index in [1.54, 1.807) is 13.8 Å². The molecule has 21 heavy (non-hydrogen) atoms. The van der Waals surface area contributed by atoms with E-state index in [2.05, 4.69) is 5.32 Å². The standard InChI is InChI=1S/C12H16F2N2O4S/c1-12(2,6-20-3)16-11(17)9-7(13)4-5-8(10(9)14)21(15,18)19/h4-5H,6H2,1-3H3,(H,16,17)(H2,15,18,19). The Morgan fingerprint density at radius 2 is 1.95 bits per heavy atom. The molecule has 1 aromatic carbocycles. The molecule has 0 bridgehead atoms. The summed E-state index contributed by atoms with van der Waals surface area (Å²) in [6.07, 6.45) is 0. The lowest BCUT2D eigenvalue weighted by Crippen LogP contribution is -2.47. The number of halogens is 2. The lowest BCUT2D eigenvalue weighted by atomic mass is 10.1. The molecule has 0 saturated carbocycles. The van der Waals surface area contributed by atoms with Gasteiger partial charge >= 0.3 is 0 Å². The van der Waals surface area contributed by atoms with Gasteiger partial charge in [0.05, 0.1) is 12.1 Å². The van der Waals surface area contributed by atoms with Crippen molar-refractivity contribution in [3.8, 4) is 0 Å². The summed E-state index contributed by atoms with van der Waals surface area (Å²) in [5.41, 5.74) is -1.91. The molecule has 118 valence electrons. The number of methoxy groups -OCH3 is 1. The zero-order valence-corrected chi connectivity index (χ0v) is 12.6. The van der Waals surface area contributed by atoms with Crippen molar-refractivity contribution in [3.63, 3.8) is 0 Å². The number of nitrogens with one attached hydrogen (secondary N) is 1. The van der Waals surface area contributed by atoms with E-state index < -0.39 is 43.6 Å². The molecule has 0 fully saturated rings. The molecule has 0 radical (unpaired) electrons. The van der Waals surface area contributed by atoms with Gasteiger partial charge < -0.3 is 10.1 Å². The van der Waals surface area contributed by atoms with Gasteiger partial charge in [0.15, 0.2) is 5.82 Å². The fourth-order valence-corrected chi connectivity index (χ4v) is 2.34. The number of carbonyl (C=O) groups excluding carboxylic acids is 1. The van der Waals surface area contributed by atoms with E-state index in [0.29, 0.717) is 12.1 Å². The van der Waals surface area contributed by atoms with Crippen LogP contribution in [0, 0.1) is 11.6 Å². The lowest BCUT2D eigenvalue weighted by molar-refractivity contribution is 0.0811. The van der Waals surface area contributed by atoms with Crippen molar-refractivity contribution in [2.75, 3.05) is 13.7 Å². The van der Waals surface area contributed by atoms with Gasteiger partial charge in [-0.3, -0.25) is 4.79 Å². The molecule has 0 heterocycles. The van der Waals surface area contributed by atoms with Crippen LogP contribution in [0.1, 0.15) is 24.2 Å². The van der Waals surface area contributed by atoms with Crippen molar-refractivity contribution >= 4 is 15.9 Å². The topological polar surface area (TPSA) is 98.5 Å². The van der Waals surface area contributed by atoms with Crippen LogP contribution < -0.4 is 10.5 Å². The van der Waals surface area contributed by atoms with E-state index in [1.165, 1.54) is 7.11 Å². The molecular formula is C12H16F2N2O4S. The lowest BCUT2D eigenvalue weighted by Gasteiger charge is -2.25. The number of ether oxygens (including phenoxy) is 1. The van der Waals surface area contributed by atoms with E-state index in [0.717, 1.165) is 0 Å². The Balaban J connectivity index is 3.28. The Morgan fingerprint density at radius 3 is 2.43 bits per heavy atom. The highest BCUT2D eigenvalue weighted by Crippen LogP contribution is 2.20. The first kappa shape index (κ1) is 17.5. The second-order valence-electron chi connectivity index (χ2n) is 5.05. The third-order valence-electron chi connectivity index (χ3n) is 2.55. The Bertz CT molecular complexity index is 659. The van der Waals surface area contributed by atoms with E-state index in [-0.39, 0.29) is 6.61 Å². The molecule has 0 atom stereocenters. The van der Waals surface area contributed by atoms with Gasteiger partial charge in [-0.2, -0.15) is 0 Å². The summed E-state index contributed by atoms with van der Waals surface area (Å²) < 4.78 is 55.0. The number of carbonyl (C=O) groups is 1. The molecule has 3 N–H and O–H groups in total. The van der Waals surface area contributed by atoms with Crippen molar-refractivity contribution in [2.45, 2.75) is 24.3 Å². The fraction of sp³-hybridized carbons (Fsp3) is 0.417. The summed E-state index contributed by atoms with van der Waals surface area (Å²) in [5.74, 6) is -3.81. The molecule has 1 aromatic rings. The monoisotopic (exact) mass is 322 g/mol. The van der Waals surface area contributed by atoms with Crippen molar-refractivity contribution < 1.29 is 26.7 Å². The van der Waals surface area contributed by atoms with Crippen molar-refractivity contribution in [1.82, 2.24) is 5.32 Å². The first-order chi connectivity index (χ1) is 9.49. The zero-order chi connectivity index (χ0) is 16.4. The minimum Gasteiger partial charge on any atom is -0.382 e. The van der Waals surface area contributed by atoms with Crippen LogP contribution in [-0.2, 0) is 14.8 Å². The van der Waals surface area contributed by atoms with E-state index >= 15 is 0 Å². The molecule has 6 nitrogen and oxygen atoms in total. The SMILES string of the molecule is COCC(C)(C)NC(=O)c1c(F)ccc(S(N)(=O)=O)c1F. The quantitative estimate of drug-likeness (QED) is 0.836. The summed E-state index contributed by atoms with van der Waals surface area (Å²) >= 11 is 0. The first-order valence-corrected chi connectivity index (χ1v) is 7.36. The average molecular weight is 322 g/mol. The van der Waals surface area contributed by atoms with Gasteiger partial charge in [-0.15, -0.1) is 0 Å². The number of amides is 1. The predicted molar refractivity (Wildman–Crippen MR) is 71.2 cm³/mol. The highest BCUT2D eigenvalue weighted by atomic mass is 32.2. The van der Waals surface area contributed by atoms with Crippen LogP contribution in [0.2, 0.25) is 0 Å². The van der Waals surface area contributed by atoms with Gasteiger partial charge in [0.2, 0.25) is 10.0 Å². The number of sulfonamides is 1. The number of hydrogen-bond acceptors (Lipinski definition) is 4. The molecule has 0 aliphatic rings. The summed E-state index contributed by atoms with van der Waals surface area (Å²) in [6, 6.07) is 1.33. The van der Waals surface area contributed by atoms with E-state index in [4.69, 9.17) is 9.88 Å². The number of nitrogens with two attached hydrogens (primary N) is 1. The normalized spacial score (nSPS) is 12.3. The van der Waals surface area contributed by atoms with Crippen LogP contribution in [0.4, 0.5) is 8.78 Å². The van der Waals surface area contributed by atoms with Crippen LogP contribution in [-0.4, -0.2) is 33.6 Å². The Labute approximate surface area is 121 Å². The predicted octanol–water partition coefficient (Wildman–Crippen LogP) is 0.767. The molecule has 1 rings (SSSR count). The number of benzene rings is 1. The smallest absolute Gasteiger partial charge is 0.257 e. The second-order valence-corrected chi connectivity index (χ2v) is 6.58. The largest absolute Gasteiger partial charge is 0.382 e. The van der Waals surface area contributed by atoms with Crippen LogP contribution in [0.15, 0.2) is 17.0 Å². The molecular weight excluding hydrogens is 306 g/mol. The molecule has 0 saturated heterocycles. The van der Waals surface area contributed by atoms with Gasteiger partial charge in [0.1, 0.15) is 16.3 Å². The Kier molecular flexibility index (Phi) is 5.03. The van der Waals surface area contributed by atoms with Crippen molar-refractivity contribution in [2.24, 2.45) is 5.14 Å². The van der Waals surface area contributed by atoms with Gasteiger partial charge in [-0.05, 0) is 26.0 Å². The second kappa shape index (κ2) is 6.04. The van der Waals surface area contributed by atoms with Crippen LogP contribution >= 0.6 is 0 Å². The zero-order valence-electron chi connectivity index (χ0n) is 11.7. The Hall–Kier alpha value is -1.58. The van der Waals surface area contributed by atoms with Gasteiger partial charge in [0, 0.05) is 7.11 Å². The first-order valence-electron chi connectivity index (χ1n) is 5.82. The maximum Gasteiger partial charge on any atom is 0.257 e. The van der Waals surface area contributed by atoms with Gasteiger partial charge in [-0.1, -0.05) is 0 Å². The maximum absolute atomic E-state index is 14.0. The van der Waals surface area contributed by atoms with Gasteiger partial charge in [0.25, 0.3) is 5.91 Å². The third-order valence-corrected chi connectivity index (χ3v) is 3.47. The van der Waals surface area contributed by atoms with Crippen LogP contribution in [0.3, 0.4) is 0 Å². The van der Waals surface area contributed by atoms with Crippen molar-refractivity contribution in [3.05, 3.63) is 29.3 Å². The molecule has 0 spiro atoms. The highest BCUT2D eigenvalue weighted by Gasteiger charge is 2.28.